The minimum absolute atomic E-state index is 0.248. The lowest BCUT2D eigenvalue weighted by atomic mass is 10.1. The van der Waals surface area contributed by atoms with Crippen LogP contribution in [0.2, 0.25) is 0 Å². The number of carbonyl (C=O) groups is 1. The van der Waals surface area contributed by atoms with Crippen LogP contribution in [-0.2, 0) is 7.05 Å². The molecule has 1 amide bonds. The molecule has 7 nitrogen and oxygen atoms in total. The van der Waals surface area contributed by atoms with Gasteiger partial charge in [0, 0.05) is 29.3 Å². The molecular weight excluding hydrogens is 384 g/mol. The minimum atomic E-state index is -0.248. The van der Waals surface area contributed by atoms with Crippen LogP contribution < -0.4 is 5.32 Å². The number of imidazole rings is 1. The van der Waals surface area contributed by atoms with Gasteiger partial charge in [-0.3, -0.25) is 14.5 Å². The summed E-state index contributed by atoms with van der Waals surface area (Å²) in [7, 11) is 1.83. The number of anilines is 1. The number of hydrogen-bond donors (Lipinski definition) is 1. The van der Waals surface area contributed by atoms with Crippen LogP contribution in [0.4, 0.5) is 5.82 Å². The van der Waals surface area contributed by atoms with Crippen LogP contribution >= 0.6 is 15.9 Å². The summed E-state index contributed by atoms with van der Waals surface area (Å²) in [6.45, 7) is 3.82. The molecule has 3 heterocycles. The maximum Gasteiger partial charge on any atom is 0.259 e. The highest BCUT2D eigenvalue weighted by molar-refractivity contribution is 9.10. The number of benzene rings is 1. The van der Waals surface area contributed by atoms with Crippen molar-refractivity contribution >= 4 is 44.2 Å². The lowest BCUT2D eigenvalue weighted by Crippen LogP contribution is -2.12. The van der Waals surface area contributed by atoms with E-state index in [1.165, 1.54) is 0 Å². The average molecular weight is 399 g/mol. The largest absolute Gasteiger partial charge is 0.305 e. The van der Waals surface area contributed by atoms with E-state index in [4.69, 9.17) is 0 Å². The van der Waals surface area contributed by atoms with Gasteiger partial charge < -0.3 is 9.72 Å². The van der Waals surface area contributed by atoms with Crippen molar-refractivity contribution in [3.8, 4) is 0 Å². The highest BCUT2D eigenvalue weighted by Crippen LogP contribution is 2.26. The highest BCUT2D eigenvalue weighted by Gasteiger charge is 2.16. The van der Waals surface area contributed by atoms with Crippen molar-refractivity contribution in [3.63, 3.8) is 0 Å². The molecule has 0 bridgehead atoms. The van der Waals surface area contributed by atoms with Gasteiger partial charge in [0.05, 0.1) is 23.1 Å². The summed E-state index contributed by atoms with van der Waals surface area (Å²) in [5.41, 5.74) is 3.58. The fourth-order valence-electron chi connectivity index (χ4n) is 2.92. The topological polar surface area (TPSA) is 77.1 Å². The fourth-order valence-corrected chi connectivity index (χ4v) is 3.34. The van der Waals surface area contributed by atoms with Crippen molar-refractivity contribution in [2.45, 2.75) is 13.8 Å². The quantitative estimate of drug-likeness (QED) is 0.562. The number of aromatic nitrogens is 5. The monoisotopic (exact) mass is 398 g/mol. The first-order valence-corrected chi connectivity index (χ1v) is 8.48. The fraction of sp³-hybridized carbons (Fsp3) is 0.176. The standard InChI is InChI=1S/C17H15BrN6O/c1-9-6-24-8-14(20-16(24)10(2)19-9)21-17(25)11-4-5-13(18)12-7-23(3)22-15(11)12/h4-8H,1-3H3,(H,21,25). The molecule has 1 aromatic carbocycles. The van der Waals surface area contributed by atoms with Gasteiger partial charge in [-0.25, -0.2) is 4.98 Å². The van der Waals surface area contributed by atoms with Crippen LogP contribution in [0.3, 0.4) is 0 Å². The summed E-state index contributed by atoms with van der Waals surface area (Å²) < 4.78 is 4.46. The summed E-state index contributed by atoms with van der Waals surface area (Å²) in [6.07, 6.45) is 5.53. The van der Waals surface area contributed by atoms with Gasteiger partial charge in [-0.1, -0.05) is 15.9 Å². The third kappa shape index (κ3) is 2.68. The number of fused-ring (bicyclic) bond motifs is 2. The number of aryl methyl sites for hydroxylation is 3. The molecule has 1 N–H and O–H groups in total. The Balaban J connectivity index is 1.73. The molecule has 8 heteroatoms. The molecule has 3 aromatic heterocycles. The first kappa shape index (κ1) is 15.8. The lowest BCUT2D eigenvalue weighted by molar-refractivity contribution is 0.102. The second-order valence-electron chi connectivity index (χ2n) is 5.94. The maximum atomic E-state index is 12.7. The zero-order valence-corrected chi connectivity index (χ0v) is 15.5. The molecule has 0 saturated heterocycles. The number of carbonyl (C=O) groups excluding carboxylic acids is 1. The molecule has 0 aliphatic heterocycles. The van der Waals surface area contributed by atoms with Crippen LogP contribution in [0.5, 0.6) is 0 Å². The average Bonchev–Trinajstić information content (AvgIpc) is 3.11. The SMILES string of the molecule is Cc1cn2cc(NC(=O)c3ccc(Br)c4cn(C)nc34)nc2c(C)n1. The van der Waals surface area contributed by atoms with Gasteiger partial charge in [0.1, 0.15) is 5.52 Å². The molecule has 0 aliphatic carbocycles. The van der Waals surface area contributed by atoms with Gasteiger partial charge in [-0.15, -0.1) is 0 Å². The Morgan fingerprint density at radius 1 is 1.16 bits per heavy atom. The van der Waals surface area contributed by atoms with Crippen molar-refractivity contribution in [2.24, 2.45) is 7.05 Å². The van der Waals surface area contributed by atoms with E-state index >= 15 is 0 Å². The van der Waals surface area contributed by atoms with E-state index in [0.29, 0.717) is 16.9 Å². The first-order chi connectivity index (χ1) is 11.9. The second-order valence-corrected chi connectivity index (χ2v) is 6.79. The van der Waals surface area contributed by atoms with Gasteiger partial charge in [0.25, 0.3) is 5.91 Å². The van der Waals surface area contributed by atoms with E-state index in [1.54, 1.807) is 16.9 Å². The molecule has 25 heavy (non-hydrogen) atoms. The lowest BCUT2D eigenvalue weighted by Gasteiger charge is -2.03. The Hall–Kier alpha value is -2.74. The van der Waals surface area contributed by atoms with Gasteiger partial charge in [-0.05, 0) is 26.0 Å². The Bertz CT molecular complexity index is 1140. The van der Waals surface area contributed by atoms with E-state index < -0.39 is 0 Å². The molecule has 0 fully saturated rings. The summed E-state index contributed by atoms with van der Waals surface area (Å²) >= 11 is 3.49. The molecule has 0 aliphatic rings. The van der Waals surface area contributed by atoms with E-state index in [1.807, 2.05) is 43.8 Å². The number of hydrogen-bond acceptors (Lipinski definition) is 4. The molecule has 0 saturated carbocycles. The zero-order chi connectivity index (χ0) is 17.7. The molecule has 4 rings (SSSR count). The smallest absolute Gasteiger partial charge is 0.259 e. The predicted molar refractivity (Wildman–Crippen MR) is 98.8 cm³/mol. The molecule has 0 unspecified atom stereocenters. The van der Waals surface area contributed by atoms with Gasteiger partial charge in [-0.2, -0.15) is 5.10 Å². The van der Waals surface area contributed by atoms with Crippen LogP contribution in [0.1, 0.15) is 21.7 Å². The molecule has 0 radical (unpaired) electrons. The van der Waals surface area contributed by atoms with Gasteiger partial charge in [0.15, 0.2) is 11.5 Å². The van der Waals surface area contributed by atoms with Crippen LogP contribution in [0, 0.1) is 13.8 Å². The Morgan fingerprint density at radius 3 is 2.76 bits per heavy atom. The number of nitrogens with zero attached hydrogens (tertiary/aromatic N) is 5. The van der Waals surface area contributed by atoms with Gasteiger partial charge >= 0.3 is 0 Å². The molecular formula is C17H15BrN6O. The molecule has 0 atom stereocenters. The predicted octanol–water partition coefficient (Wildman–Crippen LogP) is 3.25. The van der Waals surface area contributed by atoms with E-state index in [0.717, 1.165) is 26.9 Å². The highest BCUT2D eigenvalue weighted by atomic mass is 79.9. The maximum absolute atomic E-state index is 12.7. The minimum Gasteiger partial charge on any atom is -0.305 e. The number of amides is 1. The normalized spacial score (nSPS) is 11.4. The van der Waals surface area contributed by atoms with Crippen LogP contribution in [0.25, 0.3) is 16.6 Å². The zero-order valence-electron chi connectivity index (χ0n) is 13.9. The third-order valence-electron chi connectivity index (χ3n) is 3.95. The van der Waals surface area contributed by atoms with Crippen molar-refractivity contribution < 1.29 is 4.79 Å². The number of nitrogens with one attached hydrogen (secondary N) is 1. The van der Waals surface area contributed by atoms with Crippen LogP contribution in [-0.4, -0.2) is 30.1 Å². The molecule has 0 spiro atoms. The van der Waals surface area contributed by atoms with Crippen molar-refractivity contribution in [1.29, 1.82) is 0 Å². The van der Waals surface area contributed by atoms with Gasteiger partial charge in [0.2, 0.25) is 0 Å². The van der Waals surface area contributed by atoms with E-state index in [2.05, 4.69) is 36.3 Å². The van der Waals surface area contributed by atoms with E-state index in [-0.39, 0.29) is 5.91 Å². The summed E-state index contributed by atoms with van der Waals surface area (Å²) in [4.78, 5) is 21.6. The Morgan fingerprint density at radius 2 is 1.96 bits per heavy atom. The summed E-state index contributed by atoms with van der Waals surface area (Å²) in [5, 5.41) is 8.14. The summed E-state index contributed by atoms with van der Waals surface area (Å²) in [5.74, 6) is 0.231. The van der Waals surface area contributed by atoms with E-state index in [9.17, 15) is 4.79 Å². The van der Waals surface area contributed by atoms with Crippen molar-refractivity contribution in [3.05, 3.63) is 52.1 Å². The third-order valence-corrected chi connectivity index (χ3v) is 4.64. The van der Waals surface area contributed by atoms with Crippen molar-refractivity contribution in [2.75, 3.05) is 5.32 Å². The summed E-state index contributed by atoms with van der Waals surface area (Å²) in [6, 6.07) is 3.60. The Labute approximate surface area is 151 Å². The Kier molecular flexibility index (Phi) is 3.57. The van der Waals surface area contributed by atoms with Crippen molar-refractivity contribution in [1.82, 2.24) is 24.1 Å². The number of halogens is 1. The second kappa shape index (κ2) is 5.66. The molecule has 4 aromatic rings. The first-order valence-electron chi connectivity index (χ1n) is 7.68. The van der Waals surface area contributed by atoms with Crippen LogP contribution in [0.15, 0.2) is 35.2 Å². The molecule has 126 valence electrons. The number of rotatable bonds is 2.